The summed E-state index contributed by atoms with van der Waals surface area (Å²) < 4.78 is 0. The van der Waals surface area contributed by atoms with Crippen LogP contribution in [-0.4, -0.2) is 41.2 Å². The Morgan fingerprint density at radius 2 is 1.73 bits per heavy atom. The van der Waals surface area contributed by atoms with Crippen molar-refractivity contribution in [3.8, 4) is 0 Å². The number of rotatable bonds is 4. The summed E-state index contributed by atoms with van der Waals surface area (Å²) in [5.41, 5.74) is 1.48. The average molecular weight is 395 g/mol. The first-order valence-electron chi connectivity index (χ1n) is 9.14. The first kappa shape index (κ1) is 19.2. The van der Waals surface area contributed by atoms with E-state index in [1.807, 2.05) is 6.92 Å². The molecule has 0 radical (unpaired) electrons. The van der Waals surface area contributed by atoms with Gasteiger partial charge in [0.25, 0.3) is 11.8 Å². The van der Waals surface area contributed by atoms with Gasteiger partial charge in [-0.3, -0.25) is 14.5 Å². The fourth-order valence-corrected chi connectivity index (χ4v) is 4.57. The van der Waals surface area contributed by atoms with E-state index >= 15 is 0 Å². The number of nitrogens with zero attached hydrogens (tertiary/aromatic N) is 2. The smallest absolute Gasteiger partial charge is 0.277 e. The molecule has 1 fully saturated rings. The average Bonchev–Trinajstić information content (AvgIpc) is 2.79. The van der Waals surface area contributed by atoms with E-state index < -0.39 is 0 Å². The Morgan fingerprint density at radius 1 is 1.08 bits per heavy atom. The molecule has 3 rings (SSSR count). The number of imide groups is 1. The quantitative estimate of drug-likeness (QED) is 0.707. The summed E-state index contributed by atoms with van der Waals surface area (Å²) in [7, 11) is 0. The van der Waals surface area contributed by atoms with Crippen molar-refractivity contribution in [1.29, 1.82) is 0 Å². The normalized spacial score (nSPS) is 24.0. The highest BCUT2D eigenvalue weighted by Gasteiger charge is 2.42. The van der Waals surface area contributed by atoms with Gasteiger partial charge >= 0.3 is 0 Å². The van der Waals surface area contributed by atoms with Crippen molar-refractivity contribution >= 4 is 40.6 Å². The van der Waals surface area contributed by atoms with Crippen molar-refractivity contribution in [1.82, 2.24) is 9.80 Å². The molecule has 0 N–H and O–H groups in total. The van der Waals surface area contributed by atoms with Gasteiger partial charge in [0, 0.05) is 30.2 Å². The summed E-state index contributed by atoms with van der Waals surface area (Å²) in [6.45, 7) is 8.28. The third-order valence-corrected chi connectivity index (χ3v) is 5.52. The lowest BCUT2D eigenvalue weighted by Gasteiger charge is -2.37. The lowest BCUT2D eigenvalue weighted by molar-refractivity contribution is -0.137. The zero-order valence-corrected chi connectivity index (χ0v) is 16.9. The molecule has 6 heteroatoms. The number of halogens is 2. The monoisotopic (exact) mass is 394 g/mol. The highest BCUT2D eigenvalue weighted by Crippen LogP contribution is 2.38. The minimum absolute atomic E-state index is 0.209. The van der Waals surface area contributed by atoms with Crippen LogP contribution in [0.1, 0.15) is 39.2 Å². The minimum Gasteiger partial charge on any atom is -0.366 e. The maximum absolute atomic E-state index is 13.1. The van der Waals surface area contributed by atoms with Gasteiger partial charge in [0.1, 0.15) is 5.70 Å². The van der Waals surface area contributed by atoms with E-state index in [0.29, 0.717) is 45.3 Å². The Balaban J connectivity index is 2.13. The van der Waals surface area contributed by atoms with Gasteiger partial charge in [-0.05, 0) is 36.8 Å². The van der Waals surface area contributed by atoms with Crippen LogP contribution in [-0.2, 0) is 9.59 Å². The van der Waals surface area contributed by atoms with E-state index in [1.165, 1.54) is 4.90 Å². The van der Waals surface area contributed by atoms with Gasteiger partial charge < -0.3 is 4.90 Å². The topological polar surface area (TPSA) is 40.6 Å². The van der Waals surface area contributed by atoms with Crippen LogP contribution < -0.4 is 0 Å². The van der Waals surface area contributed by atoms with Crippen molar-refractivity contribution < 1.29 is 9.59 Å². The minimum atomic E-state index is -0.262. The predicted octanol–water partition coefficient (Wildman–Crippen LogP) is 4.46. The molecule has 2 heterocycles. The molecule has 0 bridgehead atoms. The number of likely N-dealkylation sites (tertiary alicyclic amines) is 1. The molecule has 0 saturated carbocycles. The molecular formula is C20H24Cl2N2O2. The molecule has 1 saturated heterocycles. The zero-order valence-electron chi connectivity index (χ0n) is 15.4. The third-order valence-electron chi connectivity index (χ3n) is 4.98. The lowest BCUT2D eigenvalue weighted by Crippen LogP contribution is -2.42. The second kappa shape index (κ2) is 7.61. The van der Waals surface area contributed by atoms with Crippen molar-refractivity contribution in [2.75, 3.05) is 19.6 Å². The van der Waals surface area contributed by atoms with Gasteiger partial charge in [-0.25, -0.2) is 0 Å². The van der Waals surface area contributed by atoms with E-state index in [0.717, 1.165) is 25.9 Å². The van der Waals surface area contributed by atoms with Crippen LogP contribution in [0.15, 0.2) is 23.9 Å². The Bertz CT molecular complexity index is 765. The number of piperidine rings is 1. The van der Waals surface area contributed by atoms with E-state index in [2.05, 4.69) is 18.7 Å². The number of carbonyl (C=O) groups is 2. The first-order valence-corrected chi connectivity index (χ1v) is 9.89. The highest BCUT2D eigenvalue weighted by molar-refractivity contribution is 6.41. The lowest BCUT2D eigenvalue weighted by atomic mass is 9.91. The van der Waals surface area contributed by atoms with E-state index in [9.17, 15) is 9.59 Å². The number of carbonyl (C=O) groups excluding carboxylic acids is 2. The maximum atomic E-state index is 13.1. The summed E-state index contributed by atoms with van der Waals surface area (Å²) in [6.07, 6.45) is 1.85. The molecular weight excluding hydrogens is 371 g/mol. The van der Waals surface area contributed by atoms with Crippen LogP contribution >= 0.6 is 23.2 Å². The van der Waals surface area contributed by atoms with Gasteiger partial charge in [-0.1, -0.05) is 50.0 Å². The summed E-state index contributed by atoms with van der Waals surface area (Å²) in [4.78, 5) is 29.6. The number of benzene rings is 1. The maximum Gasteiger partial charge on any atom is 0.277 e. The van der Waals surface area contributed by atoms with Crippen LogP contribution in [0.4, 0.5) is 0 Å². The van der Waals surface area contributed by atoms with Gasteiger partial charge in [0.2, 0.25) is 0 Å². The molecule has 1 aromatic rings. The number of hydrogen-bond donors (Lipinski definition) is 0. The molecule has 26 heavy (non-hydrogen) atoms. The van der Waals surface area contributed by atoms with Gasteiger partial charge in [0.05, 0.1) is 10.6 Å². The molecule has 1 aromatic carbocycles. The molecule has 2 aliphatic rings. The number of amides is 2. The van der Waals surface area contributed by atoms with Crippen LogP contribution in [0.3, 0.4) is 0 Å². The Hall–Kier alpha value is -1.52. The first-order chi connectivity index (χ1) is 12.3. The molecule has 140 valence electrons. The molecule has 0 aliphatic carbocycles. The van der Waals surface area contributed by atoms with E-state index in [4.69, 9.17) is 23.2 Å². The molecule has 2 atom stereocenters. The highest BCUT2D eigenvalue weighted by atomic mass is 35.5. The van der Waals surface area contributed by atoms with Crippen molar-refractivity contribution in [2.45, 2.75) is 33.6 Å². The molecule has 2 amide bonds. The van der Waals surface area contributed by atoms with Gasteiger partial charge in [-0.15, -0.1) is 0 Å². The van der Waals surface area contributed by atoms with Crippen molar-refractivity contribution in [3.05, 3.63) is 39.5 Å². The second-order valence-electron chi connectivity index (χ2n) is 7.46. The van der Waals surface area contributed by atoms with Gasteiger partial charge in [-0.2, -0.15) is 0 Å². The Labute approximate surface area is 164 Å². The zero-order chi connectivity index (χ0) is 19.0. The summed E-state index contributed by atoms with van der Waals surface area (Å²) in [6, 6.07) is 5.05. The Kier molecular flexibility index (Phi) is 5.64. The van der Waals surface area contributed by atoms with E-state index in [-0.39, 0.29) is 11.8 Å². The summed E-state index contributed by atoms with van der Waals surface area (Å²) in [5.74, 6) is 0.466. The number of hydrogen-bond acceptors (Lipinski definition) is 3. The molecule has 2 aliphatic heterocycles. The van der Waals surface area contributed by atoms with E-state index in [1.54, 1.807) is 18.2 Å². The third kappa shape index (κ3) is 3.49. The molecule has 4 nitrogen and oxygen atoms in total. The standard InChI is InChI=1S/C20H24Cl2N2O2/c1-4-7-24-19(25)17(15-6-5-14(21)9-16(15)22)18(20(24)26)23-10-12(2)8-13(3)11-23/h5-6,9,12-13H,4,7-8,10-11H2,1-3H3. The van der Waals surface area contributed by atoms with Crippen LogP contribution in [0.5, 0.6) is 0 Å². The van der Waals surface area contributed by atoms with Crippen LogP contribution in [0.2, 0.25) is 10.0 Å². The SMILES string of the molecule is CCCN1C(=O)C(c2ccc(Cl)cc2Cl)=C(N2CC(C)CC(C)C2)C1=O. The fraction of sp³-hybridized carbons (Fsp3) is 0.500. The molecule has 2 unspecified atom stereocenters. The van der Waals surface area contributed by atoms with Crippen molar-refractivity contribution in [2.24, 2.45) is 11.8 Å². The second-order valence-corrected chi connectivity index (χ2v) is 8.30. The predicted molar refractivity (Wildman–Crippen MR) is 105 cm³/mol. The fourth-order valence-electron chi connectivity index (χ4n) is 4.06. The van der Waals surface area contributed by atoms with Crippen LogP contribution in [0, 0.1) is 11.8 Å². The Morgan fingerprint density at radius 3 is 2.31 bits per heavy atom. The van der Waals surface area contributed by atoms with Gasteiger partial charge in [0.15, 0.2) is 0 Å². The van der Waals surface area contributed by atoms with Crippen molar-refractivity contribution in [3.63, 3.8) is 0 Å². The van der Waals surface area contributed by atoms with Crippen LogP contribution in [0.25, 0.3) is 5.57 Å². The summed E-state index contributed by atoms with van der Waals surface area (Å²) in [5, 5.41) is 0.894. The molecule has 0 spiro atoms. The molecule has 0 aromatic heterocycles. The largest absolute Gasteiger partial charge is 0.366 e. The summed E-state index contributed by atoms with van der Waals surface area (Å²) >= 11 is 12.4.